The van der Waals surface area contributed by atoms with Gasteiger partial charge in [0.05, 0.1) is 30.5 Å². The van der Waals surface area contributed by atoms with Crippen LogP contribution in [0.5, 0.6) is 11.5 Å². The van der Waals surface area contributed by atoms with E-state index in [1.165, 1.54) is 4.90 Å². The first-order valence-corrected chi connectivity index (χ1v) is 16.0. The second kappa shape index (κ2) is 14.4. The fourth-order valence-electron chi connectivity index (χ4n) is 5.09. The highest BCUT2D eigenvalue weighted by molar-refractivity contribution is 7.17. The van der Waals surface area contributed by atoms with E-state index in [0.717, 1.165) is 35.3 Å². The van der Waals surface area contributed by atoms with Gasteiger partial charge in [-0.15, -0.1) is 0 Å². The standard InChI is InChI=1S/C36H36N2O7S/c1-5-7-20-44-27-16-12-24(13-17-27)30-29(32(40)34(41)38(30)36-37-23(4)33(46-36)35(42)43-6-2)31(39)25-14-18-28(19-15-25)45-21-26-11-9-8-10-22(26)3/h8-19,30,39H,5-7,20-21H2,1-4H3. The molecule has 4 aromatic rings. The molecular formula is C36H36N2O7S. The summed E-state index contributed by atoms with van der Waals surface area (Å²) in [6.45, 7) is 8.56. The number of thiazole rings is 1. The molecule has 1 fully saturated rings. The Bertz CT molecular complexity index is 1760. The van der Waals surface area contributed by atoms with E-state index in [2.05, 4.69) is 11.9 Å². The minimum absolute atomic E-state index is 0.0937. The quantitative estimate of drug-likeness (QED) is 0.0563. The van der Waals surface area contributed by atoms with Crippen molar-refractivity contribution in [2.24, 2.45) is 0 Å². The van der Waals surface area contributed by atoms with Crippen LogP contribution in [0, 0.1) is 13.8 Å². The molecule has 3 aromatic carbocycles. The summed E-state index contributed by atoms with van der Waals surface area (Å²) in [5.41, 5.74) is 3.36. The SMILES string of the molecule is CCCCOc1ccc(C2C(=C(O)c3ccc(OCc4ccccc4C)cc3)C(=O)C(=O)N2c2nc(C)c(C(=O)OCC)s2)cc1. The highest BCUT2D eigenvalue weighted by atomic mass is 32.1. The van der Waals surface area contributed by atoms with Crippen molar-refractivity contribution in [1.29, 1.82) is 0 Å². The van der Waals surface area contributed by atoms with Crippen LogP contribution in [0.1, 0.15) is 70.4 Å². The summed E-state index contributed by atoms with van der Waals surface area (Å²) in [6, 6.07) is 20.7. The number of benzene rings is 3. The maximum atomic E-state index is 13.6. The third-order valence-corrected chi connectivity index (χ3v) is 8.78. The van der Waals surface area contributed by atoms with Crippen LogP contribution in [0.4, 0.5) is 5.13 Å². The number of rotatable bonds is 12. The summed E-state index contributed by atoms with van der Waals surface area (Å²) >= 11 is 0.964. The van der Waals surface area contributed by atoms with E-state index in [1.807, 2.05) is 31.2 Å². The van der Waals surface area contributed by atoms with Gasteiger partial charge in [-0.2, -0.15) is 0 Å². The zero-order valence-electron chi connectivity index (χ0n) is 26.2. The molecule has 1 amide bonds. The number of anilines is 1. The molecule has 5 rings (SSSR count). The van der Waals surface area contributed by atoms with Gasteiger partial charge in [0.15, 0.2) is 5.13 Å². The predicted octanol–water partition coefficient (Wildman–Crippen LogP) is 7.32. The van der Waals surface area contributed by atoms with Crippen LogP contribution in [0.15, 0.2) is 78.4 Å². The number of hydrogen-bond acceptors (Lipinski definition) is 9. The molecule has 1 atom stereocenters. The van der Waals surface area contributed by atoms with E-state index >= 15 is 0 Å². The van der Waals surface area contributed by atoms with Crippen LogP contribution in [0.25, 0.3) is 5.76 Å². The van der Waals surface area contributed by atoms with Gasteiger partial charge in [-0.3, -0.25) is 14.5 Å². The third-order valence-electron chi connectivity index (χ3n) is 7.64. The highest BCUT2D eigenvalue weighted by Gasteiger charge is 2.48. The van der Waals surface area contributed by atoms with Gasteiger partial charge in [0.1, 0.15) is 28.7 Å². The Balaban J connectivity index is 1.52. The third kappa shape index (κ3) is 6.82. The van der Waals surface area contributed by atoms with Gasteiger partial charge in [0.2, 0.25) is 0 Å². The topological polar surface area (TPSA) is 115 Å². The highest BCUT2D eigenvalue weighted by Crippen LogP contribution is 2.44. The zero-order valence-corrected chi connectivity index (χ0v) is 27.1. The van der Waals surface area contributed by atoms with E-state index in [-0.39, 0.29) is 27.9 Å². The van der Waals surface area contributed by atoms with E-state index in [9.17, 15) is 19.5 Å². The van der Waals surface area contributed by atoms with Crippen LogP contribution < -0.4 is 14.4 Å². The molecule has 0 saturated carbocycles. The van der Waals surface area contributed by atoms with E-state index in [0.29, 0.717) is 41.5 Å². The number of carbonyl (C=O) groups is 3. The lowest BCUT2D eigenvalue weighted by Gasteiger charge is -2.23. The normalized spacial score (nSPS) is 15.7. The molecule has 1 unspecified atom stereocenters. The Morgan fingerprint density at radius 1 is 0.935 bits per heavy atom. The molecule has 1 aromatic heterocycles. The summed E-state index contributed by atoms with van der Waals surface area (Å²) in [5.74, 6) is -1.40. The Morgan fingerprint density at radius 3 is 2.28 bits per heavy atom. The number of aromatic nitrogens is 1. The predicted molar refractivity (Wildman–Crippen MR) is 176 cm³/mol. The molecule has 2 heterocycles. The molecule has 238 valence electrons. The van der Waals surface area contributed by atoms with Gasteiger partial charge >= 0.3 is 11.9 Å². The number of hydrogen-bond donors (Lipinski definition) is 1. The second-order valence-electron chi connectivity index (χ2n) is 10.8. The smallest absolute Gasteiger partial charge is 0.350 e. The first-order valence-electron chi connectivity index (χ1n) is 15.2. The molecule has 46 heavy (non-hydrogen) atoms. The van der Waals surface area contributed by atoms with Crippen molar-refractivity contribution >= 4 is 39.9 Å². The van der Waals surface area contributed by atoms with Gasteiger partial charge in [-0.05, 0) is 80.3 Å². The lowest BCUT2D eigenvalue weighted by Crippen LogP contribution is -2.29. The molecule has 9 nitrogen and oxygen atoms in total. The van der Waals surface area contributed by atoms with Crippen molar-refractivity contribution in [2.75, 3.05) is 18.1 Å². The van der Waals surface area contributed by atoms with Gasteiger partial charge in [0.25, 0.3) is 5.78 Å². The average Bonchev–Trinajstić information content (AvgIpc) is 3.57. The molecular weight excluding hydrogens is 604 g/mol. The van der Waals surface area contributed by atoms with E-state index < -0.39 is 23.7 Å². The Labute approximate surface area is 272 Å². The molecule has 1 aliphatic heterocycles. The first kappa shape index (κ1) is 32.4. The summed E-state index contributed by atoms with van der Waals surface area (Å²) in [5, 5.41) is 11.7. The maximum absolute atomic E-state index is 13.6. The lowest BCUT2D eigenvalue weighted by atomic mass is 9.95. The summed E-state index contributed by atoms with van der Waals surface area (Å²) in [4.78, 5) is 45.8. The summed E-state index contributed by atoms with van der Waals surface area (Å²) in [6.07, 6.45) is 1.90. The van der Waals surface area contributed by atoms with Crippen molar-refractivity contribution < 1.29 is 33.7 Å². The van der Waals surface area contributed by atoms with Gasteiger partial charge in [0, 0.05) is 5.56 Å². The molecule has 1 aliphatic rings. The monoisotopic (exact) mass is 640 g/mol. The Hall–Kier alpha value is -4.96. The molecule has 0 aliphatic carbocycles. The summed E-state index contributed by atoms with van der Waals surface area (Å²) < 4.78 is 16.9. The Morgan fingerprint density at radius 2 is 1.61 bits per heavy atom. The Kier molecular flexibility index (Phi) is 10.2. The number of Topliss-reactive ketones (excluding diaryl/α,β-unsaturated/α-hetero) is 1. The number of ketones is 1. The number of aliphatic hydroxyl groups is 1. The summed E-state index contributed by atoms with van der Waals surface area (Å²) in [7, 11) is 0. The number of aliphatic hydroxyl groups excluding tert-OH is 1. The largest absolute Gasteiger partial charge is 0.507 e. The fourth-order valence-corrected chi connectivity index (χ4v) is 6.08. The van der Waals surface area contributed by atoms with Gasteiger partial charge < -0.3 is 19.3 Å². The lowest BCUT2D eigenvalue weighted by molar-refractivity contribution is -0.132. The molecule has 0 radical (unpaired) electrons. The van der Waals surface area contributed by atoms with Crippen molar-refractivity contribution in [3.8, 4) is 11.5 Å². The van der Waals surface area contributed by atoms with Crippen LogP contribution in [-0.2, 0) is 20.9 Å². The van der Waals surface area contributed by atoms with Crippen molar-refractivity contribution in [3.63, 3.8) is 0 Å². The van der Waals surface area contributed by atoms with Crippen LogP contribution in [0.3, 0.4) is 0 Å². The molecule has 1 N–H and O–H groups in total. The van der Waals surface area contributed by atoms with E-state index in [1.54, 1.807) is 62.4 Å². The van der Waals surface area contributed by atoms with E-state index in [4.69, 9.17) is 14.2 Å². The maximum Gasteiger partial charge on any atom is 0.350 e. The number of esters is 1. The average molecular weight is 641 g/mol. The van der Waals surface area contributed by atoms with Gasteiger partial charge in [-0.25, -0.2) is 9.78 Å². The number of amides is 1. The molecule has 1 saturated heterocycles. The van der Waals surface area contributed by atoms with Crippen LogP contribution >= 0.6 is 11.3 Å². The van der Waals surface area contributed by atoms with Crippen LogP contribution in [0.2, 0.25) is 0 Å². The van der Waals surface area contributed by atoms with Crippen molar-refractivity contribution in [2.45, 2.75) is 53.2 Å². The molecule has 10 heteroatoms. The number of nitrogens with zero attached hydrogens (tertiary/aromatic N) is 2. The minimum atomic E-state index is -1.01. The fraction of sp³-hybridized carbons (Fsp3) is 0.278. The van der Waals surface area contributed by atoms with Crippen molar-refractivity contribution in [3.05, 3.63) is 111 Å². The van der Waals surface area contributed by atoms with Crippen molar-refractivity contribution in [1.82, 2.24) is 4.98 Å². The number of unbranched alkanes of at least 4 members (excludes halogenated alkanes) is 1. The second-order valence-corrected chi connectivity index (χ2v) is 11.8. The number of carbonyl (C=O) groups excluding carboxylic acids is 3. The number of ether oxygens (including phenoxy) is 3. The minimum Gasteiger partial charge on any atom is -0.507 e. The molecule has 0 spiro atoms. The van der Waals surface area contributed by atoms with Gasteiger partial charge in [-0.1, -0.05) is 61.1 Å². The molecule has 0 bridgehead atoms. The first-order chi connectivity index (χ1) is 22.2. The number of aryl methyl sites for hydroxylation is 2. The van der Waals surface area contributed by atoms with Crippen LogP contribution in [-0.4, -0.2) is 41.0 Å². The zero-order chi connectivity index (χ0) is 32.8.